The third-order valence-corrected chi connectivity index (χ3v) is 17.6. The monoisotopic (exact) mass is 1310 g/mol. The van der Waals surface area contributed by atoms with Crippen molar-refractivity contribution in [3.8, 4) is 0 Å². The number of hydrogen-bond acceptors (Lipinski definition) is 8. The van der Waals surface area contributed by atoms with Crippen LogP contribution >= 0.6 is 0 Å². The number of carbonyl (C=O) groups excluding carboxylic acids is 1. The molecule has 1 fully saturated rings. The molecule has 1 heterocycles. The molecule has 1 rings (SSSR count). The normalized spacial score (nSPS) is 18.4. The molecular weight excluding hydrogens is 1160 g/mol. The van der Waals surface area contributed by atoms with Gasteiger partial charge in [0.15, 0.2) is 6.29 Å². The SMILES string of the molecule is CC/C=C\C/C=C\C/C=C\C/C=C\C/C=C\C/C=C\C/C=C\C/C=C\C/C=C\C/C=C\CCCCCCCCCCCCC(=O)NC(COC1OC(CO)C(O)C(O)C1O)C(O)/C=C/CC/C=C/CCCCCCCCCCCCCCCCCCCCCCCCCC. The Morgan fingerprint density at radius 2 is 0.670 bits per heavy atom. The molecule has 1 saturated heterocycles. The van der Waals surface area contributed by atoms with Crippen LogP contribution in [0.2, 0.25) is 0 Å². The molecule has 0 radical (unpaired) electrons. The highest BCUT2D eigenvalue weighted by atomic mass is 16.7. The van der Waals surface area contributed by atoms with Crippen molar-refractivity contribution in [2.24, 2.45) is 0 Å². The van der Waals surface area contributed by atoms with Gasteiger partial charge >= 0.3 is 0 Å². The van der Waals surface area contributed by atoms with Crippen LogP contribution in [0.4, 0.5) is 0 Å². The van der Waals surface area contributed by atoms with E-state index in [0.717, 1.165) is 116 Å². The van der Waals surface area contributed by atoms with E-state index in [-0.39, 0.29) is 12.5 Å². The third kappa shape index (κ3) is 59.3. The van der Waals surface area contributed by atoms with Crippen LogP contribution in [-0.4, -0.2) is 87.5 Å². The first kappa shape index (κ1) is 88.1. The molecule has 7 atom stereocenters. The highest BCUT2D eigenvalue weighted by Crippen LogP contribution is 2.23. The lowest BCUT2D eigenvalue weighted by Crippen LogP contribution is -2.60. The van der Waals surface area contributed by atoms with Gasteiger partial charge in [-0.2, -0.15) is 0 Å². The summed E-state index contributed by atoms with van der Waals surface area (Å²) in [5.41, 5.74) is 0. The Bertz CT molecular complexity index is 2010. The maximum Gasteiger partial charge on any atom is 0.220 e. The fraction of sp³-hybridized carbons (Fsp3) is 0.706. The van der Waals surface area contributed by atoms with E-state index in [1.54, 1.807) is 6.08 Å². The first-order valence-corrected chi connectivity index (χ1v) is 39.1. The van der Waals surface area contributed by atoms with Gasteiger partial charge in [0.25, 0.3) is 0 Å². The molecule has 94 heavy (non-hydrogen) atoms. The lowest BCUT2D eigenvalue weighted by atomic mass is 9.99. The van der Waals surface area contributed by atoms with Gasteiger partial charge in [0.1, 0.15) is 24.4 Å². The van der Waals surface area contributed by atoms with Crippen molar-refractivity contribution in [2.75, 3.05) is 13.2 Å². The zero-order chi connectivity index (χ0) is 67.8. The Hall–Kier alpha value is -3.93. The van der Waals surface area contributed by atoms with Crippen molar-refractivity contribution in [1.29, 1.82) is 0 Å². The van der Waals surface area contributed by atoms with Crippen LogP contribution in [0.3, 0.4) is 0 Å². The lowest BCUT2D eigenvalue weighted by Gasteiger charge is -2.40. The molecule has 1 aliphatic heterocycles. The van der Waals surface area contributed by atoms with Crippen molar-refractivity contribution >= 4 is 5.91 Å². The zero-order valence-electron chi connectivity index (χ0n) is 60.4. The van der Waals surface area contributed by atoms with Crippen LogP contribution in [0.1, 0.15) is 328 Å². The third-order valence-electron chi connectivity index (χ3n) is 17.6. The molecule has 0 bridgehead atoms. The molecule has 9 heteroatoms. The maximum atomic E-state index is 13.2. The molecule has 0 spiro atoms. The van der Waals surface area contributed by atoms with E-state index in [1.807, 2.05) is 6.08 Å². The van der Waals surface area contributed by atoms with Crippen molar-refractivity contribution in [3.63, 3.8) is 0 Å². The molecule has 0 aromatic heterocycles. The van der Waals surface area contributed by atoms with Gasteiger partial charge in [0.2, 0.25) is 5.91 Å². The molecule has 0 saturated carbocycles. The second-order valence-corrected chi connectivity index (χ2v) is 26.4. The molecule has 0 aromatic carbocycles. The van der Waals surface area contributed by atoms with Gasteiger partial charge in [-0.25, -0.2) is 0 Å². The topological polar surface area (TPSA) is 149 Å². The summed E-state index contributed by atoms with van der Waals surface area (Å²) in [6.07, 6.45) is 104. The van der Waals surface area contributed by atoms with Crippen molar-refractivity contribution in [3.05, 3.63) is 146 Å². The van der Waals surface area contributed by atoms with E-state index in [0.29, 0.717) is 6.42 Å². The van der Waals surface area contributed by atoms with Crippen LogP contribution in [-0.2, 0) is 14.3 Å². The predicted molar refractivity (Wildman–Crippen MR) is 405 cm³/mol. The number of aliphatic hydroxyl groups is 5. The molecule has 1 aliphatic rings. The Morgan fingerprint density at radius 1 is 0.372 bits per heavy atom. The van der Waals surface area contributed by atoms with Crippen molar-refractivity contribution < 1.29 is 39.8 Å². The fourth-order valence-corrected chi connectivity index (χ4v) is 11.6. The molecule has 6 N–H and O–H groups in total. The standard InChI is InChI=1S/C85H145NO8/c1-3-5-7-9-11-13-15-17-19-21-23-25-27-29-31-33-35-36-37-38-39-40-41-42-43-44-45-47-49-51-53-55-57-59-61-63-65-67-69-71-73-75-81(89)86-78(77-93-85-84(92)83(91)82(90)80(76-87)94-85)79(88)74-72-70-68-66-64-62-60-58-56-54-52-50-48-46-34-32-30-28-26-24-22-20-18-16-14-12-10-8-6-4-2/h5,7,11,13,17,19,23,25,29,31,35-36,38-39,41-42,44-45,49,51,64,66,72,74,78-80,82-85,87-88,90-92H,3-4,6,8-10,12,14-16,18,20-22,24,26-28,30,32-34,37,40,43,46-48,50,52-63,65,67-71,73,75-77H2,1-2H3,(H,86,89)/b7-5-,13-11-,19-17-,25-23-,31-29-,36-35-,39-38-,42-41-,45-44-,51-49-,66-64+,74-72+. The second-order valence-electron chi connectivity index (χ2n) is 26.4. The Morgan fingerprint density at radius 3 is 1.02 bits per heavy atom. The minimum absolute atomic E-state index is 0.193. The van der Waals surface area contributed by atoms with Crippen LogP contribution in [0.15, 0.2) is 146 Å². The zero-order valence-corrected chi connectivity index (χ0v) is 60.4. The fourth-order valence-electron chi connectivity index (χ4n) is 11.6. The van der Waals surface area contributed by atoms with Crippen LogP contribution < -0.4 is 5.32 Å². The Labute approximate surface area is 578 Å². The van der Waals surface area contributed by atoms with Crippen molar-refractivity contribution in [2.45, 2.75) is 371 Å². The van der Waals surface area contributed by atoms with Crippen LogP contribution in [0.5, 0.6) is 0 Å². The number of carbonyl (C=O) groups is 1. The molecule has 9 nitrogen and oxygen atoms in total. The number of unbranched alkanes of at least 4 members (excludes halogenated alkanes) is 35. The Kier molecular flexibility index (Phi) is 67.3. The maximum absolute atomic E-state index is 13.2. The van der Waals surface area contributed by atoms with Gasteiger partial charge in [-0.1, -0.05) is 359 Å². The second kappa shape index (κ2) is 71.8. The van der Waals surface area contributed by atoms with Crippen molar-refractivity contribution in [1.82, 2.24) is 5.32 Å². The summed E-state index contributed by atoms with van der Waals surface area (Å²) in [6, 6.07) is -0.836. The summed E-state index contributed by atoms with van der Waals surface area (Å²) >= 11 is 0. The number of rotatable bonds is 67. The molecular formula is C85H145NO8. The number of ether oxygens (including phenoxy) is 2. The molecule has 0 aliphatic carbocycles. The predicted octanol–water partition coefficient (Wildman–Crippen LogP) is 22.5. The summed E-state index contributed by atoms with van der Waals surface area (Å²) in [5, 5.41) is 54.9. The first-order chi connectivity index (χ1) is 46.3. The van der Waals surface area contributed by atoms with Crippen LogP contribution in [0, 0.1) is 0 Å². The van der Waals surface area contributed by atoms with E-state index in [1.165, 1.54) is 193 Å². The van der Waals surface area contributed by atoms with Gasteiger partial charge in [0, 0.05) is 6.42 Å². The number of hydrogen-bond donors (Lipinski definition) is 6. The minimum atomic E-state index is -1.58. The van der Waals surface area contributed by atoms with Gasteiger partial charge in [-0.15, -0.1) is 0 Å². The number of allylic oxidation sites excluding steroid dienone is 23. The summed E-state index contributed by atoms with van der Waals surface area (Å²) in [6.45, 7) is 3.67. The molecule has 538 valence electrons. The van der Waals surface area contributed by atoms with E-state index in [9.17, 15) is 30.3 Å². The molecule has 1 amide bonds. The van der Waals surface area contributed by atoms with E-state index in [4.69, 9.17) is 9.47 Å². The first-order valence-electron chi connectivity index (χ1n) is 39.1. The van der Waals surface area contributed by atoms with Gasteiger partial charge in [-0.05, 0) is 109 Å². The van der Waals surface area contributed by atoms with Gasteiger partial charge < -0.3 is 40.3 Å². The lowest BCUT2D eigenvalue weighted by molar-refractivity contribution is -0.302. The smallest absolute Gasteiger partial charge is 0.220 e. The van der Waals surface area contributed by atoms with E-state index < -0.39 is 49.5 Å². The highest BCUT2D eigenvalue weighted by molar-refractivity contribution is 5.76. The van der Waals surface area contributed by atoms with E-state index in [2.05, 4.69) is 153 Å². The minimum Gasteiger partial charge on any atom is -0.394 e. The van der Waals surface area contributed by atoms with E-state index >= 15 is 0 Å². The Balaban J connectivity index is 2.14. The summed E-state index contributed by atoms with van der Waals surface area (Å²) in [5.74, 6) is -0.193. The highest BCUT2D eigenvalue weighted by Gasteiger charge is 2.44. The van der Waals surface area contributed by atoms with Gasteiger partial charge in [0.05, 0.1) is 25.4 Å². The van der Waals surface area contributed by atoms with Gasteiger partial charge in [-0.3, -0.25) is 4.79 Å². The average Bonchev–Trinajstić information content (AvgIpc) is 0.831. The summed E-state index contributed by atoms with van der Waals surface area (Å²) in [4.78, 5) is 13.2. The average molecular weight is 1310 g/mol. The summed E-state index contributed by atoms with van der Waals surface area (Å²) < 4.78 is 11.3. The number of nitrogens with one attached hydrogen (secondary N) is 1. The number of amides is 1. The quantitative estimate of drug-likeness (QED) is 0.0261. The largest absolute Gasteiger partial charge is 0.394 e. The number of aliphatic hydroxyl groups excluding tert-OH is 5. The molecule has 7 unspecified atom stereocenters. The summed E-state index contributed by atoms with van der Waals surface area (Å²) in [7, 11) is 0. The molecule has 0 aromatic rings. The van der Waals surface area contributed by atoms with Crippen LogP contribution in [0.25, 0.3) is 0 Å².